The van der Waals surface area contributed by atoms with E-state index in [1.165, 1.54) is 18.2 Å². The number of nitrogens with zero attached hydrogens (tertiary/aromatic N) is 1. The molecule has 1 amide bonds. The van der Waals surface area contributed by atoms with E-state index in [0.29, 0.717) is 6.54 Å². The van der Waals surface area contributed by atoms with Crippen molar-refractivity contribution < 1.29 is 13.6 Å². The summed E-state index contributed by atoms with van der Waals surface area (Å²) in [5.74, 6) is -1.64. The second-order valence-electron chi connectivity index (χ2n) is 4.68. The lowest BCUT2D eigenvalue weighted by Gasteiger charge is -2.31. The summed E-state index contributed by atoms with van der Waals surface area (Å²) in [7, 11) is 0. The van der Waals surface area contributed by atoms with Gasteiger partial charge in [0.2, 0.25) is 5.91 Å². The van der Waals surface area contributed by atoms with Crippen LogP contribution in [0.15, 0.2) is 18.2 Å². The van der Waals surface area contributed by atoms with E-state index >= 15 is 0 Å². The Morgan fingerprint density at radius 3 is 2.67 bits per heavy atom. The molecule has 0 aromatic heterocycles. The summed E-state index contributed by atoms with van der Waals surface area (Å²) in [6.45, 7) is 1.39. The lowest BCUT2D eigenvalue weighted by atomic mass is 9.97. The zero-order valence-electron chi connectivity index (χ0n) is 10.0. The Kier molecular flexibility index (Phi) is 3.91. The van der Waals surface area contributed by atoms with Crippen LogP contribution < -0.4 is 5.73 Å². The fraction of sp³-hybridized carbons (Fsp3) is 0.462. The van der Waals surface area contributed by atoms with Gasteiger partial charge in [-0.1, -0.05) is 6.07 Å². The Balaban J connectivity index is 2.07. The van der Waals surface area contributed by atoms with E-state index in [1.807, 2.05) is 4.90 Å². The SMILES string of the molecule is NC(=O)C1CCCN(Cc2c(F)cccc2F)C1. The van der Waals surface area contributed by atoms with Crippen LogP contribution in [0.1, 0.15) is 18.4 Å². The second kappa shape index (κ2) is 5.44. The minimum Gasteiger partial charge on any atom is -0.369 e. The molecule has 18 heavy (non-hydrogen) atoms. The van der Waals surface area contributed by atoms with Gasteiger partial charge in [0.25, 0.3) is 0 Å². The molecule has 2 N–H and O–H groups in total. The van der Waals surface area contributed by atoms with Crippen molar-refractivity contribution in [3.05, 3.63) is 35.4 Å². The average Bonchev–Trinajstić information content (AvgIpc) is 2.34. The number of benzene rings is 1. The second-order valence-corrected chi connectivity index (χ2v) is 4.68. The van der Waals surface area contributed by atoms with E-state index < -0.39 is 11.6 Å². The summed E-state index contributed by atoms with van der Waals surface area (Å²) in [4.78, 5) is 13.0. The van der Waals surface area contributed by atoms with Crippen molar-refractivity contribution in [3.63, 3.8) is 0 Å². The zero-order chi connectivity index (χ0) is 13.1. The first-order valence-electron chi connectivity index (χ1n) is 6.02. The molecule has 1 saturated heterocycles. The molecule has 1 aliphatic heterocycles. The van der Waals surface area contributed by atoms with Crippen LogP contribution in [0.5, 0.6) is 0 Å². The molecular formula is C13H16F2N2O. The number of carbonyl (C=O) groups is 1. The van der Waals surface area contributed by atoms with Crippen LogP contribution in [-0.2, 0) is 11.3 Å². The van der Waals surface area contributed by atoms with Gasteiger partial charge in [-0.2, -0.15) is 0 Å². The van der Waals surface area contributed by atoms with Crippen LogP contribution in [0.25, 0.3) is 0 Å². The fourth-order valence-electron chi connectivity index (χ4n) is 2.34. The maximum Gasteiger partial charge on any atom is 0.221 e. The molecule has 98 valence electrons. The summed E-state index contributed by atoms with van der Waals surface area (Å²) >= 11 is 0. The fourth-order valence-corrected chi connectivity index (χ4v) is 2.34. The molecule has 0 aliphatic carbocycles. The zero-order valence-corrected chi connectivity index (χ0v) is 10.0. The molecule has 1 heterocycles. The third kappa shape index (κ3) is 2.85. The molecule has 0 bridgehead atoms. The highest BCUT2D eigenvalue weighted by molar-refractivity contribution is 5.76. The Morgan fingerprint density at radius 2 is 2.06 bits per heavy atom. The molecule has 0 radical (unpaired) electrons. The highest BCUT2D eigenvalue weighted by Crippen LogP contribution is 2.20. The maximum atomic E-state index is 13.5. The van der Waals surface area contributed by atoms with E-state index in [1.54, 1.807) is 0 Å². The van der Waals surface area contributed by atoms with Gasteiger partial charge in [0.05, 0.1) is 5.92 Å². The number of halogens is 2. The molecule has 5 heteroatoms. The molecule has 1 atom stereocenters. The van der Waals surface area contributed by atoms with Gasteiger partial charge in [-0.25, -0.2) is 8.78 Å². The number of rotatable bonds is 3. The van der Waals surface area contributed by atoms with Crippen molar-refractivity contribution >= 4 is 5.91 Å². The lowest BCUT2D eigenvalue weighted by molar-refractivity contribution is -0.123. The number of primary amides is 1. The first-order valence-corrected chi connectivity index (χ1v) is 6.02. The van der Waals surface area contributed by atoms with Gasteiger partial charge in [-0.3, -0.25) is 9.69 Å². The number of hydrogen-bond acceptors (Lipinski definition) is 2. The van der Waals surface area contributed by atoms with Crippen LogP contribution in [0, 0.1) is 17.6 Å². The summed E-state index contributed by atoms with van der Waals surface area (Å²) in [6, 6.07) is 3.83. The van der Waals surface area contributed by atoms with Crippen LogP contribution in [-0.4, -0.2) is 23.9 Å². The number of hydrogen-bond donors (Lipinski definition) is 1. The summed E-state index contributed by atoms with van der Waals surface area (Å²) in [5.41, 5.74) is 5.33. The van der Waals surface area contributed by atoms with Crippen molar-refractivity contribution in [3.8, 4) is 0 Å². The average molecular weight is 254 g/mol. The molecule has 1 aromatic rings. The highest BCUT2D eigenvalue weighted by atomic mass is 19.1. The van der Waals surface area contributed by atoms with Gasteiger partial charge in [0, 0.05) is 18.7 Å². The number of piperidine rings is 1. The lowest BCUT2D eigenvalue weighted by Crippen LogP contribution is -2.40. The standard InChI is InChI=1S/C13H16F2N2O/c14-11-4-1-5-12(15)10(11)8-17-6-2-3-9(7-17)13(16)18/h1,4-5,9H,2-3,6-8H2,(H2,16,18). The smallest absolute Gasteiger partial charge is 0.221 e. The topological polar surface area (TPSA) is 46.3 Å². The molecule has 1 unspecified atom stereocenters. The van der Waals surface area contributed by atoms with Gasteiger partial charge >= 0.3 is 0 Å². The Hall–Kier alpha value is -1.49. The molecule has 0 spiro atoms. The van der Waals surface area contributed by atoms with Crippen LogP contribution >= 0.6 is 0 Å². The third-order valence-corrected chi connectivity index (χ3v) is 3.35. The summed E-state index contributed by atoms with van der Waals surface area (Å²) in [6.07, 6.45) is 1.58. The largest absolute Gasteiger partial charge is 0.369 e. The molecule has 1 aromatic carbocycles. The summed E-state index contributed by atoms with van der Waals surface area (Å²) < 4.78 is 27.0. The number of carbonyl (C=O) groups excluding carboxylic acids is 1. The normalized spacial score (nSPS) is 20.9. The van der Waals surface area contributed by atoms with Gasteiger partial charge in [0.1, 0.15) is 11.6 Å². The van der Waals surface area contributed by atoms with Crippen molar-refractivity contribution in [1.82, 2.24) is 4.90 Å². The van der Waals surface area contributed by atoms with Crippen molar-refractivity contribution in [2.45, 2.75) is 19.4 Å². The Bertz CT molecular complexity index is 430. The van der Waals surface area contributed by atoms with E-state index in [9.17, 15) is 13.6 Å². The first kappa shape index (κ1) is 13.0. The predicted octanol–water partition coefficient (Wildman–Crippen LogP) is 1.66. The molecule has 2 rings (SSSR count). The van der Waals surface area contributed by atoms with Crippen LogP contribution in [0.2, 0.25) is 0 Å². The molecule has 0 saturated carbocycles. The number of likely N-dealkylation sites (tertiary alicyclic amines) is 1. The molecule has 1 fully saturated rings. The quantitative estimate of drug-likeness (QED) is 0.891. The third-order valence-electron chi connectivity index (χ3n) is 3.35. The maximum absolute atomic E-state index is 13.5. The first-order chi connectivity index (χ1) is 8.58. The number of nitrogens with two attached hydrogens (primary N) is 1. The summed E-state index contributed by atoms with van der Waals surface area (Å²) in [5, 5.41) is 0. The van der Waals surface area contributed by atoms with Crippen LogP contribution in [0.3, 0.4) is 0 Å². The van der Waals surface area contributed by atoms with Crippen molar-refractivity contribution in [1.29, 1.82) is 0 Å². The van der Waals surface area contributed by atoms with E-state index in [-0.39, 0.29) is 23.9 Å². The van der Waals surface area contributed by atoms with E-state index in [4.69, 9.17) is 5.73 Å². The Labute approximate surface area is 105 Å². The molecule has 1 aliphatic rings. The minimum atomic E-state index is -0.545. The Morgan fingerprint density at radius 1 is 1.39 bits per heavy atom. The van der Waals surface area contributed by atoms with Crippen molar-refractivity contribution in [2.75, 3.05) is 13.1 Å². The minimum absolute atomic E-state index is 0.0580. The van der Waals surface area contributed by atoms with Crippen LogP contribution in [0.4, 0.5) is 8.78 Å². The molecule has 3 nitrogen and oxygen atoms in total. The van der Waals surface area contributed by atoms with E-state index in [2.05, 4.69) is 0 Å². The van der Waals surface area contributed by atoms with Gasteiger partial charge in [-0.15, -0.1) is 0 Å². The monoisotopic (exact) mass is 254 g/mol. The predicted molar refractivity (Wildman–Crippen MR) is 63.6 cm³/mol. The number of amides is 1. The molecular weight excluding hydrogens is 238 g/mol. The van der Waals surface area contributed by atoms with E-state index in [0.717, 1.165) is 19.4 Å². The van der Waals surface area contributed by atoms with Gasteiger partial charge in [0.15, 0.2) is 0 Å². The van der Waals surface area contributed by atoms with Crippen molar-refractivity contribution in [2.24, 2.45) is 11.7 Å². The highest BCUT2D eigenvalue weighted by Gasteiger charge is 2.25. The van der Waals surface area contributed by atoms with Gasteiger partial charge < -0.3 is 5.73 Å². The van der Waals surface area contributed by atoms with Gasteiger partial charge in [-0.05, 0) is 31.5 Å².